The van der Waals surface area contributed by atoms with Crippen molar-refractivity contribution in [1.29, 1.82) is 0 Å². The largest absolute Gasteiger partial charge is 0.464 e. The van der Waals surface area contributed by atoms with Gasteiger partial charge in [-0.25, -0.2) is 0 Å². The van der Waals surface area contributed by atoms with Crippen LogP contribution in [-0.2, 0) is 13.0 Å². The third kappa shape index (κ3) is 2.66. The maximum absolute atomic E-state index is 5.62. The predicted molar refractivity (Wildman–Crippen MR) is 66.6 cm³/mol. The number of hydrogen-bond acceptors (Lipinski definition) is 2. The summed E-state index contributed by atoms with van der Waals surface area (Å²) in [6.07, 6.45) is 0.949. The van der Waals surface area contributed by atoms with Crippen LogP contribution < -0.4 is 5.32 Å². The van der Waals surface area contributed by atoms with Crippen molar-refractivity contribution in [3.05, 3.63) is 53.5 Å². The molecule has 0 saturated heterocycles. The van der Waals surface area contributed by atoms with Gasteiger partial charge in [-0.15, -0.1) is 0 Å². The minimum absolute atomic E-state index is 0.740. The van der Waals surface area contributed by atoms with E-state index in [1.165, 1.54) is 5.56 Å². The van der Waals surface area contributed by atoms with Gasteiger partial charge >= 0.3 is 0 Å². The molecule has 0 unspecified atom stereocenters. The van der Waals surface area contributed by atoms with Crippen LogP contribution in [0.5, 0.6) is 0 Å². The summed E-state index contributed by atoms with van der Waals surface area (Å²) in [6, 6.07) is 12.4. The summed E-state index contributed by atoms with van der Waals surface area (Å²) in [5.74, 6) is 2.03. The van der Waals surface area contributed by atoms with Crippen molar-refractivity contribution >= 4 is 5.69 Å². The fourth-order valence-electron chi connectivity index (χ4n) is 1.65. The summed E-state index contributed by atoms with van der Waals surface area (Å²) in [5.41, 5.74) is 2.40. The van der Waals surface area contributed by atoms with Crippen LogP contribution in [0.3, 0.4) is 0 Å². The molecule has 1 heterocycles. The van der Waals surface area contributed by atoms with Crippen molar-refractivity contribution in [3.8, 4) is 0 Å². The predicted octanol–water partition coefficient (Wildman–Crippen LogP) is 3.76. The molecule has 0 amide bonds. The molecule has 0 aliphatic heterocycles. The van der Waals surface area contributed by atoms with Gasteiger partial charge in [-0.05, 0) is 36.8 Å². The molecule has 0 fully saturated rings. The molecule has 0 saturated carbocycles. The van der Waals surface area contributed by atoms with Crippen LogP contribution in [0, 0.1) is 6.92 Å². The first-order valence-electron chi connectivity index (χ1n) is 5.66. The molecular weight excluding hydrogens is 198 g/mol. The van der Waals surface area contributed by atoms with Gasteiger partial charge in [0.1, 0.15) is 11.5 Å². The zero-order chi connectivity index (χ0) is 11.4. The van der Waals surface area contributed by atoms with E-state index < -0.39 is 0 Å². The van der Waals surface area contributed by atoms with Crippen molar-refractivity contribution in [2.75, 3.05) is 5.32 Å². The Morgan fingerprint density at radius 2 is 1.94 bits per heavy atom. The van der Waals surface area contributed by atoms with E-state index in [1.54, 1.807) is 0 Å². The van der Waals surface area contributed by atoms with Gasteiger partial charge in [-0.3, -0.25) is 0 Å². The summed E-state index contributed by atoms with van der Waals surface area (Å²) in [6.45, 7) is 4.92. The Labute approximate surface area is 96.3 Å². The molecule has 2 rings (SSSR count). The molecule has 84 valence electrons. The van der Waals surface area contributed by atoms with Gasteiger partial charge in [-0.1, -0.05) is 19.1 Å². The lowest BCUT2D eigenvalue weighted by Crippen LogP contribution is -1.97. The summed E-state index contributed by atoms with van der Waals surface area (Å²) >= 11 is 0. The van der Waals surface area contributed by atoms with Crippen LogP contribution in [0.2, 0.25) is 0 Å². The highest BCUT2D eigenvalue weighted by atomic mass is 16.3. The van der Waals surface area contributed by atoms with E-state index in [0.717, 1.165) is 30.2 Å². The highest BCUT2D eigenvalue weighted by Crippen LogP contribution is 2.13. The zero-order valence-corrected chi connectivity index (χ0v) is 9.79. The highest BCUT2D eigenvalue weighted by Gasteiger charge is 2.00. The molecule has 2 aromatic rings. The normalized spacial score (nSPS) is 10.4. The SMILES string of the molecule is CCc1ccc(CNc2cccc(C)c2)o1. The second kappa shape index (κ2) is 4.88. The molecule has 16 heavy (non-hydrogen) atoms. The Bertz CT molecular complexity index is 459. The van der Waals surface area contributed by atoms with Gasteiger partial charge < -0.3 is 9.73 Å². The molecule has 0 aliphatic rings. The fourth-order valence-corrected chi connectivity index (χ4v) is 1.65. The maximum Gasteiger partial charge on any atom is 0.123 e. The summed E-state index contributed by atoms with van der Waals surface area (Å²) in [7, 11) is 0. The van der Waals surface area contributed by atoms with Gasteiger partial charge in [0.2, 0.25) is 0 Å². The van der Waals surface area contributed by atoms with Gasteiger partial charge in [0.25, 0.3) is 0 Å². The molecule has 1 aromatic heterocycles. The molecule has 2 heteroatoms. The van der Waals surface area contributed by atoms with Crippen LogP contribution in [0.1, 0.15) is 24.0 Å². The monoisotopic (exact) mass is 215 g/mol. The minimum Gasteiger partial charge on any atom is -0.464 e. The van der Waals surface area contributed by atoms with Crippen LogP contribution in [0.4, 0.5) is 5.69 Å². The quantitative estimate of drug-likeness (QED) is 0.840. The van der Waals surface area contributed by atoms with E-state index in [4.69, 9.17) is 4.42 Å². The van der Waals surface area contributed by atoms with Gasteiger partial charge in [-0.2, -0.15) is 0 Å². The fraction of sp³-hybridized carbons (Fsp3) is 0.286. The molecule has 0 bridgehead atoms. The molecule has 2 nitrogen and oxygen atoms in total. The molecule has 1 aromatic carbocycles. The maximum atomic E-state index is 5.62. The summed E-state index contributed by atoms with van der Waals surface area (Å²) in [5, 5.41) is 3.35. The second-order valence-electron chi connectivity index (χ2n) is 3.94. The zero-order valence-electron chi connectivity index (χ0n) is 9.79. The van der Waals surface area contributed by atoms with Crippen molar-refractivity contribution in [2.24, 2.45) is 0 Å². The summed E-state index contributed by atoms with van der Waals surface area (Å²) < 4.78 is 5.62. The summed E-state index contributed by atoms with van der Waals surface area (Å²) in [4.78, 5) is 0. The van der Waals surface area contributed by atoms with Gasteiger partial charge in [0.05, 0.1) is 6.54 Å². The average molecular weight is 215 g/mol. The van der Waals surface area contributed by atoms with Crippen molar-refractivity contribution in [3.63, 3.8) is 0 Å². The Kier molecular flexibility index (Phi) is 3.30. The first-order valence-corrected chi connectivity index (χ1v) is 5.66. The number of furan rings is 1. The second-order valence-corrected chi connectivity index (χ2v) is 3.94. The third-order valence-electron chi connectivity index (χ3n) is 2.55. The number of anilines is 1. The first kappa shape index (κ1) is 10.8. The van der Waals surface area contributed by atoms with E-state index in [9.17, 15) is 0 Å². The number of aryl methyl sites for hydroxylation is 2. The average Bonchev–Trinajstić information content (AvgIpc) is 2.74. The smallest absolute Gasteiger partial charge is 0.123 e. The van der Waals surface area contributed by atoms with Crippen molar-refractivity contribution < 1.29 is 4.42 Å². The van der Waals surface area contributed by atoms with E-state index in [-0.39, 0.29) is 0 Å². The molecule has 0 radical (unpaired) electrons. The minimum atomic E-state index is 0.740. The highest BCUT2D eigenvalue weighted by molar-refractivity contribution is 5.45. The number of rotatable bonds is 4. The standard InChI is InChI=1S/C14H17NO/c1-3-13-7-8-14(16-13)10-15-12-6-4-5-11(2)9-12/h4-9,15H,3,10H2,1-2H3. The van der Waals surface area contributed by atoms with Crippen LogP contribution >= 0.6 is 0 Å². The number of nitrogens with one attached hydrogen (secondary N) is 1. The third-order valence-corrected chi connectivity index (χ3v) is 2.55. The Morgan fingerprint density at radius 1 is 1.12 bits per heavy atom. The lowest BCUT2D eigenvalue weighted by atomic mass is 10.2. The van der Waals surface area contributed by atoms with Gasteiger partial charge in [0.15, 0.2) is 0 Å². The van der Waals surface area contributed by atoms with E-state index in [1.807, 2.05) is 12.1 Å². The lowest BCUT2D eigenvalue weighted by Gasteiger charge is -2.04. The van der Waals surface area contributed by atoms with Gasteiger partial charge in [0, 0.05) is 12.1 Å². The molecule has 1 N–H and O–H groups in total. The Hall–Kier alpha value is -1.70. The lowest BCUT2D eigenvalue weighted by molar-refractivity contribution is 0.476. The number of benzene rings is 1. The Balaban J connectivity index is 1.96. The van der Waals surface area contributed by atoms with E-state index in [0.29, 0.717) is 0 Å². The first-order chi connectivity index (χ1) is 7.78. The Morgan fingerprint density at radius 3 is 2.62 bits per heavy atom. The topological polar surface area (TPSA) is 25.2 Å². The van der Waals surface area contributed by atoms with Crippen molar-refractivity contribution in [1.82, 2.24) is 0 Å². The molecular formula is C14H17NO. The van der Waals surface area contributed by atoms with Crippen molar-refractivity contribution in [2.45, 2.75) is 26.8 Å². The number of hydrogen-bond donors (Lipinski definition) is 1. The molecule has 0 atom stereocenters. The molecule has 0 aliphatic carbocycles. The van der Waals surface area contributed by atoms with E-state index >= 15 is 0 Å². The van der Waals surface area contributed by atoms with Crippen LogP contribution in [0.25, 0.3) is 0 Å². The van der Waals surface area contributed by atoms with E-state index in [2.05, 4.69) is 43.4 Å². The molecule has 0 spiro atoms. The van der Waals surface area contributed by atoms with Crippen LogP contribution in [0.15, 0.2) is 40.8 Å². The van der Waals surface area contributed by atoms with Crippen LogP contribution in [-0.4, -0.2) is 0 Å².